The molecule has 1 N–H and O–H groups in total. The molecule has 0 fully saturated rings. The van der Waals surface area contributed by atoms with E-state index in [4.69, 9.17) is 0 Å². The quantitative estimate of drug-likeness (QED) is 0.831. The van der Waals surface area contributed by atoms with E-state index in [1.807, 2.05) is 0 Å². The lowest BCUT2D eigenvalue weighted by molar-refractivity contribution is -0.116. The lowest BCUT2D eigenvalue weighted by atomic mass is 10.2. The third kappa shape index (κ3) is 5.73. The molecule has 0 heterocycles. The van der Waals surface area contributed by atoms with Gasteiger partial charge in [0.1, 0.15) is 11.6 Å². The van der Waals surface area contributed by atoms with Gasteiger partial charge in [-0.1, -0.05) is 30.3 Å². The average molecular weight is 353 g/mol. The SMILES string of the molecule is O=C(CCCS(=O)(=O)Cc1ccccc1)Nc1ccc(F)cc1F. The topological polar surface area (TPSA) is 63.2 Å². The summed E-state index contributed by atoms with van der Waals surface area (Å²) >= 11 is 0. The average Bonchev–Trinajstić information content (AvgIpc) is 2.50. The first-order chi connectivity index (χ1) is 11.4. The Labute approximate surface area is 139 Å². The second kappa shape index (κ2) is 8.01. The third-order valence-corrected chi connectivity index (χ3v) is 4.98. The Hall–Kier alpha value is -2.28. The van der Waals surface area contributed by atoms with Crippen LogP contribution in [0.5, 0.6) is 0 Å². The minimum atomic E-state index is -3.32. The Morgan fingerprint density at radius 2 is 1.75 bits per heavy atom. The van der Waals surface area contributed by atoms with E-state index in [-0.39, 0.29) is 30.0 Å². The van der Waals surface area contributed by atoms with Crippen LogP contribution in [0.15, 0.2) is 48.5 Å². The van der Waals surface area contributed by atoms with E-state index in [1.165, 1.54) is 0 Å². The minimum Gasteiger partial charge on any atom is -0.324 e. The molecule has 0 saturated heterocycles. The highest BCUT2D eigenvalue weighted by Gasteiger charge is 2.14. The van der Waals surface area contributed by atoms with E-state index in [9.17, 15) is 22.0 Å². The van der Waals surface area contributed by atoms with Crippen LogP contribution in [0.1, 0.15) is 18.4 Å². The number of amides is 1. The molecule has 0 atom stereocenters. The zero-order valence-electron chi connectivity index (χ0n) is 12.8. The number of carbonyl (C=O) groups excluding carboxylic acids is 1. The number of nitrogens with one attached hydrogen (secondary N) is 1. The van der Waals surface area contributed by atoms with Gasteiger partial charge < -0.3 is 5.32 Å². The van der Waals surface area contributed by atoms with E-state index in [0.717, 1.165) is 12.1 Å². The second-order valence-corrected chi connectivity index (χ2v) is 7.54. The molecule has 2 rings (SSSR count). The molecule has 4 nitrogen and oxygen atoms in total. The fourth-order valence-electron chi connectivity index (χ4n) is 2.16. The zero-order chi connectivity index (χ0) is 17.6. The second-order valence-electron chi connectivity index (χ2n) is 5.35. The first-order valence-electron chi connectivity index (χ1n) is 7.35. The van der Waals surface area contributed by atoms with Gasteiger partial charge in [0.2, 0.25) is 5.91 Å². The fraction of sp³-hybridized carbons (Fsp3) is 0.235. The first-order valence-corrected chi connectivity index (χ1v) is 9.17. The highest BCUT2D eigenvalue weighted by Crippen LogP contribution is 2.15. The number of halogens is 2. The van der Waals surface area contributed by atoms with Crippen LogP contribution >= 0.6 is 0 Å². The molecule has 0 aliphatic rings. The molecule has 0 aromatic heterocycles. The predicted molar refractivity (Wildman–Crippen MR) is 88.2 cm³/mol. The van der Waals surface area contributed by atoms with Crippen molar-refractivity contribution in [2.75, 3.05) is 11.1 Å². The van der Waals surface area contributed by atoms with Crippen molar-refractivity contribution in [2.45, 2.75) is 18.6 Å². The molecule has 1 amide bonds. The number of anilines is 1. The molecule has 0 bridgehead atoms. The summed E-state index contributed by atoms with van der Waals surface area (Å²) in [7, 11) is -3.32. The van der Waals surface area contributed by atoms with Crippen molar-refractivity contribution in [3.8, 4) is 0 Å². The van der Waals surface area contributed by atoms with E-state index in [0.29, 0.717) is 11.6 Å². The van der Waals surface area contributed by atoms with Gasteiger partial charge in [-0.2, -0.15) is 0 Å². The molecule has 128 valence electrons. The van der Waals surface area contributed by atoms with Crippen LogP contribution in [0.4, 0.5) is 14.5 Å². The normalized spacial score (nSPS) is 11.2. The van der Waals surface area contributed by atoms with Crippen molar-refractivity contribution in [3.05, 3.63) is 65.7 Å². The van der Waals surface area contributed by atoms with Gasteiger partial charge in [-0.05, 0) is 24.1 Å². The largest absolute Gasteiger partial charge is 0.324 e. The molecule has 24 heavy (non-hydrogen) atoms. The maximum atomic E-state index is 13.4. The molecule has 0 spiro atoms. The van der Waals surface area contributed by atoms with Gasteiger partial charge in [0.15, 0.2) is 9.84 Å². The zero-order valence-corrected chi connectivity index (χ0v) is 13.7. The Balaban J connectivity index is 1.81. The molecule has 0 unspecified atom stereocenters. The summed E-state index contributed by atoms with van der Waals surface area (Å²) < 4.78 is 50.2. The van der Waals surface area contributed by atoms with Gasteiger partial charge in [0.25, 0.3) is 0 Å². The van der Waals surface area contributed by atoms with Gasteiger partial charge >= 0.3 is 0 Å². The van der Waals surface area contributed by atoms with Gasteiger partial charge in [-0.15, -0.1) is 0 Å². The molecule has 2 aromatic carbocycles. The van der Waals surface area contributed by atoms with Crippen molar-refractivity contribution >= 4 is 21.4 Å². The first kappa shape index (κ1) is 18.1. The summed E-state index contributed by atoms with van der Waals surface area (Å²) in [5, 5.41) is 2.30. The molecule has 0 aliphatic heterocycles. The summed E-state index contributed by atoms with van der Waals surface area (Å²) in [6.45, 7) is 0. The summed E-state index contributed by atoms with van der Waals surface area (Å²) in [6.07, 6.45) is 0.0641. The van der Waals surface area contributed by atoms with Crippen LogP contribution in [-0.4, -0.2) is 20.1 Å². The van der Waals surface area contributed by atoms with Crippen molar-refractivity contribution in [1.29, 1.82) is 0 Å². The van der Waals surface area contributed by atoms with Crippen LogP contribution < -0.4 is 5.32 Å². The number of hydrogen-bond acceptors (Lipinski definition) is 3. The van der Waals surface area contributed by atoms with Crippen molar-refractivity contribution in [1.82, 2.24) is 0 Å². The Morgan fingerprint density at radius 3 is 2.42 bits per heavy atom. The number of carbonyl (C=O) groups is 1. The molecule has 0 aliphatic carbocycles. The molecular formula is C17H17F2NO3S. The maximum Gasteiger partial charge on any atom is 0.224 e. The van der Waals surface area contributed by atoms with E-state index >= 15 is 0 Å². The molecular weight excluding hydrogens is 336 g/mol. The maximum absolute atomic E-state index is 13.4. The Morgan fingerprint density at radius 1 is 1.04 bits per heavy atom. The Bertz CT molecular complexity index is 808. The highest BCUT2D eigenvalue weighted by molar-refractivity contribution is 7.90. The smallest absolute Gasteiger partial charge is 0.224 e. The molecule has 7 heteroatoms. The molecule has 0 radical (unpaired) electrons. The number of rotatable bonds is 7. The Kier molecular flexibility index (Phi) is 6.03. The summed E-state index contributed by atoms with van der Waals surface area (Å²) in [6, 6.07) is 11.6. The standard InChI is InChI=1S/C17H17F2NO3S/c18-14-8-9-16(15(19)11-14)20-17(21)7-4-10-24(22,23)12-13-5-2-1-3-6-13/h1-3,5-6,8-9,11H,4,7,10,12H2,(H,20,21). The van der Waals surface area contributed by atoms with Crippen molar-refractivity contribution in [2.24, 2.45) is 0 Å². The molecule has 0 saturated carbocycles. The van der Waals surface area contributed by atoms with Crippen molar-refractivity contribution < 1.29 is 22.0 Å². The van der Waals surface area contributed by atoms with E-state index < -0.39 is 27.4 Å². The third-order valence-electron chi connectivity index (χ3n) is 3.29. The van der Waals surface area contributed by atoms with Crippen LogP contribution in [-0.2, 0) is 20.4 Å². The number of benzene rings is 2. The van der Waals surface area contributed by atoms with Crippen LogP contribution in [0.25, 0.3) is 0 Å². The van der Waals surface area contributed by atoms with Crippen LogP contribution in [0.3, 0.4) is 0 Å². The van der Waals surface area contributed by atoms with Crippen molar-refractivity contribution in [3.63, 3.8) is 0 Å². The van der Waals surface area contributed by atoms with Gasteiger partial charge in [-0.3, -0.25) is 4.79 Å². The summed E-state index contributed by atoms with van der Waals surface area (Å²) in [5.41, 5.74) is 0.559. The van der Waals surface area contributed by atoms with E-state index in [1.54, 1.807) is 30.3 Å². The van der Waals surface area contributed by atoms with Crippen LogP contribution in [0.2, 0.25) is 0 Å². The van der Waals surface area contributed by atoms with Gasteiger partial charge in [0, 0.05) is 12.5 Å². The number of sulfone groups is 1. The van der Waals surface area contributed by atoms with Crippen LogP contribution in [0, 0.1) is 11.6 Å². The lowest BCUT2D eigenvalue weighted by Crippen LogP contribution is -2.15. The highest BCUT2D eigenvalue weighted by atomic mass is 32.2. The molecule has 2 aromatic rings. The van der Waals surface area contributed by atoms with Gasteiger partial charge in [0.05, 0.1) is 17.2 Å². The number of hydrogen-bond donors (Lipinski definition) is 1. The lowest BCUT2D eigenvalue weighted by Gasteiger charge is -2.07. The monoisotopic (exact) mass is 353 g/mol. The minimum absolute atomic E-state index is 0.0646. The predicted octanol–water partition coefficient (Wildman–Crippen LogP) is 3.30. The summed E-state index contributed by atoms with van der Waals surface area (Å²) in [4.78, 5) is 11.7. The van der Waals surface area contributed by atoms with Gasteiger partial charge in [-0.25, -0.2) is 17.2 Å². The van der Waals surface area contributed by atoms with E-state index in [2.05, 4.69) is 5.32 Å². The fourth-order valence-corrected chi connectivity index (χ4v) is 3.59. The summed E-state index contributed by atoms with van der Waals surface area (Å²) in [5.74, 6) is -2.35.